The van der Waals surface area contributed by atoms with Gasteiger partial charge >= 0.3 is 12.0 Å². The Morgan fingerprint density at radius 1 is 1.29 bits per heavy atom. The zero-order valence-corrected chi connectivity index (χ0v) is 13.2. The number of likely N-dealkylation sites (tertiary alicyclic amines) is 1. The lowest BCUT2D eigenvalue weighted by Gasteiger charge is -2.38. The van der Waals surface area contributed by atoms with Crippen molar-refractivity contribution in [1.82, 2.24) is 10.2 Å². The van der Waals surface area contributed by atoms with Crippen molar-refractivity contribution in [2.45, 2.75) is 64.8 Å². The van der Waals surface area contributed by atoms with Gasteiger partial charge in [0.15, 0.2) is 0 Å². The third-order valence-corrected chi connectivity index (χ3v) is 5.60. The van der Waals surface area contributed by atoms with E-state index in [0.29, 0.717) is 38.3 Å². The minimum absolute atomic E-state index is 0.0236. The summed E-state index contributed by atoms with van der Waals surface area (Å²) in [5.74, 6) is -0.114. The van der Waals surface area contributed by atoms with Crippen LogP contribution < -0.4 is 5.32 Å². The average Bonchev–Trinajstić information content (AvgIpc) is 3.01. The van der Waals surface area contributed by atoms with Crippen molar-refractivity contribution >= 4 is 12.0 Å². The molecule has 1 atom stereocenters. The molecule has 1 aliphatic carbocycles. The fraction of sp³-hybridized carbons (Fsp3) is 0.875. The largest absolute Gasteiger partial charge is 0.481 e. The zero-order valence-electron chi connectivity index (χ0n) is 13.2. The molecule has 120 valence electrons. The van der Waals surface area contributed by atoms with Crippen LogP contribution >= 0.6 is 0 Å². The molecule has 2 amide bonds. The molecule has 21 heavy (non-hydrogen) atoms. The number of hydrogen-bond acceptors (Lipinski definition) is 2. The molecule has 1 aliphatic heterocycles. The van der Waals surface area contributed by atoms with Gasteiger partial charge in [-0.2, -0.15) is 0 Å². The van der Waals surface area contributed by atoms with Crippen molar-refractivity contribution in [3.63, 3.8) is 0 Å². The Morgan fingerprint density at radius 2 is 1.86 bits per heavy atom. The fourth-order valence-corrected chi connectivity index (χ4v) is 3.72. The third-order valence-electron chi connectivity index (χ3n) is 5.60. The molecule has 0 aromatic rings. The van der Waals surface area contributed by atoms with Crippen molar-refractivity contribution in [1.29, 1.82) is 0 Å². The van der Waals surface area contributed by atoms with Gasteiger partial charge in [0, 0.05) is 19.1 Å². The second-order valence-electron chi connectivity index (χ2n) is 6.71. The van der Waals surface area contributed by atoms with Crippen LogP contribution in [-0.2, 0) is 4.79 Å². The van der Waals surface area contributed by atoms with Crippen LogP contribution in [0.5, 0.6) is 0 Å². The van der Waals surface area contributed by atoms with Crippen LogP contribution in [0.25, 0.3) is 0 Å². The Morgan fingerprint density at radius 3 is 2.33 bits per heavy atom. The first kappa shape index (κ1) is 16.1. The highest BCUT2D eigenvalue weighted by atomic mass is 16.4. The monoisotopic (exact) mass is 296 g/mol. The number of urea groups is 1. The average molecular weight is 296 g/mol. The van der Waals surface area contributed by atoms with E-state index in [1.807, 2.05) is 6.92 Å². The van der Waals surface area contributed by atoms with Gasteiger partial charge in [-0.1, -0.05) is 19.8 Å². The van der Waals surface area contributed by atoms with Crippen molar-refractivity contribution in [3.8, 4) is 0 Å². The Kier molecular flexibility index (Phi) is 5.12. The first-order valence-electron chi connectivity index (χ1n) is 8.27. The number of carboxylic acids is 1. The van der Waals surface area contributed by atoms with E-state index in [0.717, 1.165) is 0 Å². The Balaban J connectivity index is 1.84. The van der Waals surface area contributed by atoms with E-state index in [1.54, 1.807) is 4.90 Å². The number of nitrogens with zero attached hydrogens (tertiary/aromatic N) is 1. The normalized spacial score (nSPS) is 23.8. The van der Waals surface area contributed by atoms with E-state index in [9.17, 15) is 14.7 Å². The number of carboxylic acid groups (broad SMARTS) is 1. The molecule has 2 fully saturated rings. The number of carbonyl (C=O) groups excluding carboxylic acids is 1. The van der Waals surface area contributed by atoms with Crippen molar-refractivity contribution in [2.75, 3.05) is 13.1 Å². The summed E-state index contributed by atoms with van der Waals surface area (Å²) in [6.45, 7) is 5.10. The number of piperidine rings is 1. The molecular weight excluding hydrogens is 268 g/mol. The van der Waals surface area contributed by atoms with E-state index < -0.39 is 11.4 Å². The highest BCUT2D eigenvalue weighted by Gasteiger charge is 2.41. The Hall–Kier alpha value is -1.26. The van der Waals surface area contributed by atoms with Gasteiger partial charge in [-0.15, -0.1) is 0 Å². The van der Waals surface area contributed by atoms with Crippen LogP contribution in [0.2, 0.25) is 0 Å². The maximum absolute atomic E-state index is 12.3. The summed E-state index contributed by atoms with van der Waals surface area (Å²) in [6, 6.07) is 0.196. The van der Waals surface area contributed by atoms with Gasteiger partial charge in [0.1, 0.15) is 0 Å². The first-order chi connectivity index (χ1) is 9.98. The molecule has 0 bridgehead atoms. The highest BCUT2D eigenvalue weighted by molar-refractivity contribution is 5.77. The predicted molar refractivity (Wildman–Crippen MR) is 81.1 cm³/mol. The quantitative estimate of drug-likeness (QED) is 0.838. The van der Waals surface area contributed by atoms with Gasteiger partial charge in [-0.05, 0) is 44.9 Å². The summed E-state index contributed by atoms with van der Waals surface area (Å²) in [7, 11) is 0. The lowest BCUT2D eigenvalue weighted by atomic mass is 9.76. The van der Waals surface area contributed by atoms with Gasteiger partial charge in [-0.3, -0.25) is 4.79 Å². The van der Waals surface area contributed by atoms with Crippen molar-refractivity contribution in [3.05, 3.63) is 0 Å². The third kappa shape index (κ3) is 3.50. The molecular formula is C16H28N2O3. The molecule has 5 nitrogen and oxygen atoms in total. The summed E-state index contributed by atoms with van der Waals surface area (Å²) >= 11 is 0. The fourth-order valence-electron chi connectivity index (χ4n) is 3.72. The number of amides is 2. The number of rotatable bonds is 4. The maximum Gasteiger partial charge on any atom is 0.317 e. The SMILES string of the molecule is CCC1(C(=O)O)CCN(C(=O)NC(C)C2CCCC2)CC1. The molecule has 1 heterocycles. The van der Waals surface area contributed by atoms with E-state index in [2.05, 4.69) is 12.2 Å². The van der Waals surface area contributed by atoms with Gasteiger partial charge in [0.05, 0.1) is 5.41 Å². The minimum atomic E-state index is -0.718. The first-order valence-corrected chi connectivity index (χ1v) is 8.27. The van der Waals surface area contributed by atoms with Gasteiger partial charge < -0.3 is 15.3 Å². The van der Waals surface area contributed by atoms with Gasteiger partial charge in [0.2, 0.25) is 0 Å². The second kappa shape index (κ2) is 6.67. The number of nitrogens with one attached hydrogen (secondary N) is 1. The molecule has 2 N–H and O–H groups in total. The van der Waals surface area contributed by atoms with Crippen LogP contribution in [0.4, 0.5) is 4.79 Å². The molecule has 2 rings (SSSR count). The summed E-state index contributed by atoms with van der Waals surface area (Å²) in [6.07, 6.45) is 6.71. The van der Waals surface area contributed by atoms with Gasteiger partial charge in [0.25, 0.3) is 0 Å². The molecule has 0 aromatic carbocycles. The van der Waals surface area contributed by atoms with E-state index in [-0.39, 0.29) is 12.1 Å². The lowest BCUT2D eigenvalue weighted by molar-refractivity contribution is -0.151. The number of carbonyl (C=O) groups is 2. The molecule has 1 unspecified atom stereocenters. The molecule has 1 saturated carbocycles. The lowest BCUT2D eigenvalue weighted by Crippen LogP contribution is -2.51. The zero-order chi connectivity index (χ0) is 15.5. The van der Waals surface area contributed by atoms with Crippen LogP contribution in [0, 0.1) is 11.3 Å². The van der Waals surface area contributed by atoms with E-state index in [1.165, 1.54) is 25.7 Å². The topological polar surface area (TPSA) is 69.6 Å². The number of aliphatic carboxylic acids is 1. The molecule has 5 heteroatoms. The summed E-state index contributed by atoms with van der Waals surface area (Å²) < 4.78 is 0. The minimum Gasteiger partial charge on any atom is -0.481 e. The Labute approximate surface area is 127 Å². The second-order valence-corrected chi connectivity index (χ2v) is 6.71. The molecule has 0 spiro atoms. The van der Waals surface area contributed by atoms with E-state index >= 15 is 0 Å². The van der Waals surface area contributed by atoms with Crippen molar-refractivity contribution < 1.29 is 14.7 Å². The van der Waals surface area contributed by atoms with Crippen molar-refractivity contribution in [2.24, 2.45) is 11.3 Å². The molecule has 0 radical (unpaired) electrons. The predicted octanol–water partition coefficient (Wildman–Crippen LogP) is 2.85. The summed E-state index contributed by atoms with van der Waals surface area (Å²) in [5.41, 5.74) is -0.631. The van der Waals surface area contributed by atoms with Crippen LogP contribution in [0.1, 0.15) is 58.8 Å². The summed E-state index contributed by atoms with van der Waals surface area (Å²) in [4.78, 5) is 25.5. The highest BCUT2D eigenvalue weighted by Crippen LogP contribution is 2.35. The van der Waals surface area contributed by atoms with Crippen LogP contribution in [-0.4, -0.2) is 41.1 Å². The standard InChI is InChI=1S/C16H28N2O3/c1-3-16(14(19)20)8-10-18(11-9-16)15(21)17-12(2)13-6-4-5-7-13/h12-13H,3-11H2,1-2H3,(H,17,21)(H,19,20). The maximum atomic E-state index is 12.3. The molecule has 2 aliphatic rings. The van der Waals surface area contributed by atoms with Crippen LogP contribution in [0.3, 0.4) is 0 Å². The molecule has 1 saturated heterocycles. The smallest absolute Gasteiger partial charge is 0.317 e. The number of hydrogen-bond donors (Lipinski definition) is 2. The summed E-state index contributed by atoms with van der Waals surface area (Å²) in [5, 5.41) is 12.5. The van der Waals surface area contributed by atoms with E-state index in [4.69, 9.17) is 0 Å². The van der Waals surface area contributed by atoms with Crippen LogP contribution in [0.15, 0.2) is 0 Å². The Bertz CT molecular complexity index is 383. The molecule has 0 aromatic heterocycles. The van der Waals surface area contributed by atoms with Gasteiger partial charge in [-0.25, -0.2) is 4.79 Å².